The lowest BCUT2D eigenvalue weighted by Gasteiger charge is -2.00. The topological polar surface area (TPSA) is 105 Å². The van der Waals surface area contributed by atoms with Crippen LogP contribution in [0.4, 0.5) is 0 Å². The quantitative estimate of drug-likeness (QED) is 0.462. The molecule has 0 aliphatic heterocycles. The summed E-state index contributed by atoms with van der Waals surface area (Å²) in [5.74, 6) is 0.609. The average Bonchev–Trinajstić information content (AvgIpc) is 3.40. The molecule has 2 heterocycles. The number of para-hydroxylation sites is 1. The molecule has 0 bridgehead atoms. The van der Waals surface area contributed by atoms with Gasteiger partial charge in [0.15, 0.2) is 12.3 Å². The zero-order chi connectivity index (χ0) is 20.2. The number of aromatic nitrogens is 5. The SMILES string of the molecule is COc1ccc(-c2nnc(COC(=O)c3nn(-c4ccccc4)nc3C)o2)cc1. The van der Waals surface area contributed by atoms with Crippen LogP contribution in [0.2, 0.25) is 0 Å². The van der Waals surface area contributed by atoms with Crippen molar-refractivity contribution in [2.45, 2.75) is 13.5 Å². The van der Waals surface area contributed by atoms with Gasteiger partial charge in [-0.25, -0.2) is 4.79 Å². The molecule has 0 aliphatic rings. The van der Waals surface area contributed by atoms with Gasteiger partial charge in [-0.2, -0.15) is 9.90 Å². The maximum absolute atomic E-state index is 12.4. The van der Waals surface area contributed by atoms with Crippen LogP contribution in [-0.4, -0.2) is 38.3 Å². The number of hydrogen-bond acceptors (Lipinski definition) is 8. The highest BCUT2D eigenvalue weighted by atomic mass is 16.5. The number of esters is 1. The Labute approximate surface area is 165 Å². The summed E-state index contributed by atoms with van der Waals surface area (Å²) in [6.45, 7) is 1.52. The van der Waals surface area contributed by atoms with Crippen molar-refractivity contribution in [3.8, 4) is 22.9 Å². The molecule has 0 aliphatic carbocycles. The largest absolute Gasteiger partial charge is 0.497 e. The Morgan fingerprint density at radius 2 is 1.79 bits per heavy atom. The number of rotatable bonds is 6. The van der Waals surface area contributed by atoms with Crippen LogP contribution in [0.5, 0.6) is 5.75 Å². The lowest BCUT2D eigenvalue weighted by Crippen LogP contribution is -2.08. The normalized spacial score (nSPS) is 10.7. The smallest absolute Gasteiger partial charge is 0.361 e. The van der Waals surface area contributed by atoms with E-state index >= 15 is 0 Å². The summed E-state index contributed by atoms with van der Waals surface area (Å²) in [5, 5.41) is 16.4. The van der Waals surface area contributed by atoms with E-state index in [1.54, 1.807) is 38.3 Å². The number of aryl methyl sites for hydroxylation is 1. The van der Waals surface area contributed by atoms with Crippen LogP contribution >= 0.6 is 0 Å². The molecule has 0 saturated heterocycles. The molecule has 2 aromatic carbocycles. The first kappa shape index (κ1) is 18.4. The zero-order valence-electron chi connectivity index (χ0n) is 15.8. The van der Waals surface area contributed by atoms with E-state index in [-0.39, 0.29) is 18.2 Å². The highest BCUT2D eigenvalue weighted by molar-refractivity contribution is 5.88. The Morgan fingerprint density at radius 3 is 2.52 bits per heavy atom. The Hall–Kier alpha value is -4.01. The Balaban J connectivity index is 1.42. The van der Waals surface area contributed by atoms with E-state index in [1.165, 1.54) is 4.80 Å². The summed E-state index contributed by atoms with van der Waals surface area (Å²) >= 11 is 0. The summed E-state index contributed by atoms with van der Waals surface area (Å²) in [6, 6.07) is 16.5. The molecule has 9 heteroatoms. The van der Waals surface area contributed by atoms with Gasteiger partial charge in [0.25, 0.3) is 5.89 Å². The summed E-state index contributed by atoms with van der Waals surface area (Å²) < 4.78 is 15.9. The number of carbonyl (C=O) groups is 1. The zero-order valence-corrected chi connectivity index (χ0v) is 15.8. The van der Waals surface area contributed by atoms with E-state index < -0.39 is 5.97 Å². The van der Waals surface area contributed by atoms with Gasteiger partial charge in [0.05, 0.1) is 18.5 Å². The fourth-order valence-corrected chi connectivity index (χ4v) is 2.60. The fourth-order valence-electron chi connectivity index (χ4n) is 2.60. The summed E-state index contributed by atoms with van der Waals surface area (Å²) in [5.41, 5.74) is 2.07. The van der Waals surface area contributed by atoms with E-state index in [4.69, 9.17) is 13.9 Å². The lowest BCUT2D eigenvalue weighted by atomic mass is 10.2. The number of nitrogens with zero attached hydrogens (tertiary/aromatic N) is 5. The molecule has 9 nitrogen and oxygen atoms in total. The molecule has 0 saturated carbocycles. The summed E-state index contributed by atoms with van der Waals surface area (Å²) in [7, 11) is 1.59. The van der Waals surface area contributed by atoms with E-state index in [9.17, 15) is 4.79 Å². The first-order valence-electron chi connectivity index (χ1n) is 8.77. The van der Waals surface area contributed by atoms with Crippen LogP contribution in [0.3, 0.4) is 0 Å². The lowest BCUT2D eigenvalue weighted by molar-refractivity contribution is 0.0430. The van der Waals surface area contributed by atoms with E-state index in [1.807, 2.05) is 30.3 Å². The second-order valence-electron chi connectivity index (χ2n) is 6.06. The second kappa shape index (κ2) is 7.93. The van der Waals surface area contributed by atoms with Gasteiger partial charge in [-0.15, -0.1) is 15.3 Å². The highest BCUT2D eigenvalue weighted by Crippen LogP contribution is 2.21. The highest BCUT2D eigenvalue weighted by Gasteiger charge is 2.19. The van der Waals surface area contributed by atoms with Crippen molar-refractivity contribution in [2.24, 2.45) is 0 Å². The number of carbonyl (C=O) groups excluding carboxylic acids is 1. The molecule has 0 fully saturated rings. The summed E-state index contributed by atoms with van der Waals surface area (Å²) in [4.78, 5) is 13.8. The molecule has 0 radical (unpaired) electrons. The standard InChI is InChI=1S/C20H17N5O4/c1-13-18(24-25(23-13)15-6-4-3-5-7-15)20(26)28-12-17-21-22-19(29-17)14-8-10-16(27-2)11-9-14/h3-11H,12H2,1-2H3. The van der Waals surface area contributed by atoms with Crippen molar-refractivity contribution in [1.29, 1.82) is 0 Å². The molecule has 0 N–H and O–H groups in total. The van der Waals surface area contributed by atoms with Gasteiger partial charge in [-0.1, -0.05) is 18.2 Å². The van der Waals surface area contributed by atoms with Crippen molar-refractivity contribution < 1.29 is 18.7 Å². The number of ether oxygens (including phenoxy) is 2. The monoisotopic (exact) mass is 391 g/mol. The Kier molecular flexibility index (Phi) is 5.02. The van der Waals surface area contributed by atoms with Gasteiger partial charge in [-0.05, 0) is 43.3 Å². The van der Waals surface area contributed by atoms with Gasteiger partial charge < -0.3 is 13.9 Å². The molecule has 0 unspecified atom stereocenters. The van der Waals surface area contributed by atoms with Crippen LogP contribution in [0.25, 0.3) is 17.1 Å². The van der Waals surface area contributed by atoms with Crippen LogP contribution < -0.4 is 4.74 Å². The molecule has 4 aromatic rings. The van der Waals surface area contributed by atoms with Crippen LogP contribution in [0.1, 0.15) is 22.1 Å². The predicted molar refractivity (Wildman–Crippen MR) is 102 cm³/mol. The van der Waals surface area contributed by atoms with Gasteiger partial charge in [0, 0.05) is 5.56 Å². The predicted octanol–water partition coefficient (Wildman–Crippen LogP) is 2.99. The van der Waals surface area contributed by atoms with Crippen molar-refractivity contribution in [2.75, 3.05) is 7.11 Å². The molecule has 0 atom stereocenters. The molecular weight excluding hydrogens is 374 g/mol. The minimum atomic E-state index is -0.617. The van der Waals surface area contributed by atoms with Gasteiger partial charge in [0.2, 0.25) is 5.89 Å². The maximum Gasteiger partial charge on any atom is 0.361 e. The van der Waals surface area contributed by atoms with Gasteiger partial charge in [-0.3, -0.25) is 0 Å². The molecule has 146 valence electrons. The molecule has 0 spiro atoms. The molecule has 0 amide bonds. The molecule has 29 heavy (non-hydrogen) atoms. The van der Waals surface area contributed by atoms with E-state index in [0.717, 1.165) is 17.0 Å². The number of hydrogen-bond donors (Lipinski definition) is 0. The van der Waals surface area contributed by atoms with Gasteiger partial charge in [0.1, 0.15) is 5.75 Å². The molecular formula is C20H17N5O4. The first-order chi connectivity index (χ1) is 14.1. The Bertz CT molecular complexity index is 1120. The second-order valence-corrected chi connectivity index (χ2v) is 6.06. The van der Waals surface area contributed by atoms with Crippen LogP contribution in [0, 0.1) is 6.92 Å². The third-order valence-electron chi connectivity index (χ3n) is 4.09. The van der Waals surface area contributed by atoms with Crippen molar-refractivity contribution >= 4 is 5.97 Å². The third-order valence-corrected chi connectivity index (χ3v) is 4.09. The Morgan fingerprint density at radius 1 is 1.03 bits per heavy atom. The minimum Gasteiger partial charge on any atom is -0.497 e. The minimum absolute atomic E-state index is 0.128. The number of methoxy groups -OCH3 is 1. The third kappa shape index (κ3) is 3.98. The van der Waals surface area contributed by atoms with Crippen molar-refractivity contribution in [3.63, 3.8) is 0 Å². The van der Waals surface area contributed by atoms with E-state index in [2.05, 4.69) is 20.4 Å². The van der Waals surface area contributed by atoms with Crippen molar-refractivity contribution in [1.82, 2.24) is 25.2 Å². The number of benzene rings is 2. The molecule has 4 rings (SSSR count). The first-order valence-corrected chi connectivity index (χ1v) is 8.77. The van der Waals surface area contributed by atoms with E-state index in [0.29, 0.717) is 11.6 Å². The van der Waals surface area contributed by atoms with Gasteiger partial charge >= 0.3 is 5.97 Å². The average molecular weight is 391 g/mol. The fraction of sp³-hybridized carbons (Fsp3) is 0.150. The van der Waals surface area contributed by atoms with Crippen LogP contribution in [0.15, 0.2) is 59.0 Å². The molecule has 2 aromatic heterocycles. The van der Waals surface area contributed by atoms with Crippen molar-refractivity contribution in [3.05, 3.63) is 71.9 Å². The summed E-state index contributed by atoms with van der Waals surface area (Å²) in [6.07, 6.45) is 0. The maximum atomic E-state index is 12.4. The van der Waals surface area contributed by atoms with Crippen LogP contribution in [-0.2, 0) is 11.3 Å².